The van der Waals surface area contributed by atoms with Crippen LogP contribution in [0.15, 0.2) is 182 Å². The largest absolute Gasteiger partial charge is 0.310 e. The van der Waals surface area contributed by atoms with Crippen molar-refractivity contribution in [2.45, 2.75) is 45.4 Å². The van der Waals surface area contributed by atoms with Crippen molar-refractivity contribution in [1.29, 1.82) is 0 Å². The predicted molar refractivity (Wildman–Crippen MR) is 231 cm³/mol. The summed E-state index contributed by atoms with van der Waals surface area (Å²) < 4.78 is 0. The smallest absolute Gasteiger partial charge is 0.0465 e. The fourth-order valence-electron chi connectivity index (χ4n) is 8.36. The average Bonchev–Trinajstić information content (AvgIpc) is 3.43. The highest BCUT2D eigenvalue weighted by Crippen LogP contribution is 2.52. The van der Waals surface area contributed by atoms with Gasteiger partial charge in [0.25, 0.3) is 0 Å². The monoisotopic (exact) mass is 695 g/mol. The van der Waals surface area contributed by atoms with Crippen molar-refractivity contribution in [3.63, 3.8) is 0 Å². The lowest BCUT2D eigenvalue weighted by Crippen LogP contribution is -2.17. The van der Waals surface area contributed by atoms with Gasteiger partial charge in [-0.2, -0.15) is 0 Å². The number of hydrogen-bond donors (Lipinski definition) is 0. The Morgan fingerprint density at radius 2 is 0.870 bits per heavy atom. The first-order valence-corrected chi connectivity index (χ1v) is 19.1. The lowest BCUT2D eigenvalue weighted by Gasteiger charge is -2.29. The maximum atomic E-state index is 2.44. The second-order valence-corrected chi connectivity index (χ2v) is 16.3. The van der Waals surface area contributed by atoms with Crippen molar-refractivity contribution >= 4 is 27.8 Å². The fraction of sp³-hybridized carbons (Fsp3) is 0.132. The number of anilines is 3. The second kappa shape index (κ2) is 13.0. The zero-order valence-corrected chi connectivity index (χ0v) is 31.8. The SMILES string of the molecule is CC(C)(C)c1ccc(N(c2ccc(-c3ccc(-c4ccccc4)cc3)cc2)c2ccc3c(c2)C(C)(C)c2cc(-c4cccc5ccccc45)ccc2-3)cc1. The van der Waals surface area contributed by atoms with E-state index in [0.29, 0.717) is 0 Å². The molecule has 0 radical (unpaired) electrons. The lowest BCUT2D eigenvalue weighted by molar-refractivity contribution is 0.590. The number of fused-ring (bicyclic) bond motifs is 4. The molecule has 0 saturated heterocycles. The molecule has 1 aliphatic rings. The van der Waals surface area contributed by atoms with Crippen molar-refractivity contribution in [1.82, 2.24) is 0 Å². The molecule has 0 fully saturated rings. The normalized spacial score (nSPS) is 13.1. The molecule has 8 aromatic rings. The predicted octanol–water partition coefficient (Wildman–Crippen LogP) is 14.9. The van der Waals surface area contributed by atoms with Gasteiger partial charge in [-0.3, -0.25) is 0 Å². The second-order valence-electron chi connectivity index (χ2n) is 16.3. The Kier molecular flexibility index (Phi) is 8.12. The van der Waals surface area contributed by atoms with E-state index in [-0.39, 0.29) is 10.8 Å². The summed E-state index contributed by atoms with van der Waals surface area (Å²) in [6.07, 6.45) is 0. The molecular weight excluding hydrogens is 651 g/mol. The Morgan fingerprint density at radius 3 is 1.52 bits per heavy atom. The molecule has 262 valence electrons. The maximum absolute atomic E-state index is 2.44. The van der Waals surface area contributed by atoms with Crippen LogP contribution in [0.1, 0.15) is 51.3 Å². The van der Waals surface area contributed by atoms with Crippen molar-refractivity contribution in [3.05, 3.63) is 199 Å². The minimum absolute atomic E-state index is 0.0787. The molecular formula is C53H45N. The number of hydrogen-bond acceptors (Lipinski definition) is 1. The summed E-state index contributed by atoms with van der Waals surface area (Å²) in [6.45, 7) is 11.6. The van der Waals surface area contributed by atoms with Crippen molar-refractivity contribution in [3.8, 4) is 44.5 Å². The Balaban J connectivity index is 1.10. The Hall–Kier alpha value is -6.18. The van der Waals surface area contributed by atoms with Crippen LogP contribution in [0, 0.1) is 0 Å². The van der Waals surface area contributed by atoms with Gasteiger partial charge in [0.2, 0.25) is 0 Å². The summed E-state index contributed by atoms with van der Waals surface area (Å²) in [5.41, 5.74) is 17.5. The minimum atomic E-state index is -0.168. The standard InChI is InChI=1S/C53H45N/c1-52(2,3)42-25-29-44(30-26-42)54(43-27-22-39(23-28-43)38-20-18-37(19-21-38)36-12-7-6-8-13-36)45-31-33-49-48-32-24-41(34-50(48)53(4,5)51(49)35-45)47-17-11-15-40-14-9-10-16-46(40)47/h6-35H,1-5H3. The molecule has 0 atom stereocenters. The first-order valence-electron chi connectivity index (χ1n) is 19.1. The molecule has 0 amide bonds. The molecule has 0 bridgehead atoms. The number of rotatable bonds is 6. The van der Waals surface area contributed by atoms with Gasteiger partial charge in [-0.1, -0.05) is 174 Å². The van der Waals surface area contributed by atoms with Gasteiger partial charge in [0.1, 0.15) is 0 Å². The minimum Gasteiger partial charge on any atom is -0.310 e. The summed E-state index contributed by atoms with van der Waals surface area (Å²) in [5, 5.41) is 2.56. The highest BCUT2D eigenvalue weighted by atomic mass is 15.1. The van der Waals surface area contributed by atoms with Crippen LogP contribution in [0.25, 0.3) is 55.3 Å². The van der Waals surface area contributed by atoms with Gasteiger partial charge in [-0.25, -0.2) is 0 Å². The van der Waals surface area contributed by atoms with Gasteiger partial charge in [-0.05, 0) is 120 Å². The Labute approximate surface area is 320 Å². The van der Waals surface area contributed by atoms with Crippen molar-refractivity contribution in [2.24, 2.45) is 0 Å². The molecule has 8 aromatic carbocycles. The van der Waals surface area contributed by atoms with E-state index in [4.69, 9.17) is 0 Å². The van der Waals surface area contributed by atoms with E-state index >= 15 is 0 Å². The molecule has 1 nitrogen and oxygen atoms in total. The third kappa shape index (κ3) is 5.91. The first-order chi connectivity index (χ1) is 26.1. The summed E-state index contributed by atoms with van der Waals surface area (Å²) in [4.78, 5) is 2.41. The van der Waals surface area contributed by atoms with Gasteiger partial charge in [0.15, 0.2) is 0 Å². The summed E-state index contributed by atoms with van der Waals surface area (Å²) in [6, 6.07) is 67.1. The van der Waals surface area contributed by atoms with Gasteiger partial charge in [0.05, 0.1) is 0 Å². The molecule has 0 saturated carbocycles. The summed E-state index contributed by atoms with van der Waals surface area (Å²) >= 11 is 0. The van der Waals surface area contributed by atoms with E-state index in [2.05, 4.69) is 222 Å². The molecule has 54 heavy (non-hydrogen) atoms. The van der Waals surface area contributed by atoms with Crippen LogP contribution >= 0.6 is 0 Å². The molecule has 0 N–H and O–H groups in total. The third-order valence-electron chi connectivity index (χ3n) is 11.5. The maximum Gasteiger partial charge on any atom is 0.0465 e. The van der Waals surface area contributed by atoms with E-state index in [1.807, 2.05) is 0 Å². The van der Waals surface area contributed by atoms with Crippen molar-refractivity contribution < 1.29 is 0 Å². The molecule has 0 heterocycles. The van der Waals surface area contributed by atoms with Crippen LogP contribution in [0.4, 0.5) is 17.1 Å². The van der Waals surface area contributed by atoms with E-state index < -0.39 is 0 Å². The van der Waals surface area contributed by atoms with Gasteiger partial charge >= 0.3 is 0 Å². The molecule has 0 aromatic heterocycles. The van der Waals surface area contributed by atoms with Crippen LogP contribution in [-0.2, 0) is 10.8 Å². The van der Waals surface area contributed by atoms with Gasteiger partial charge < -0.3 is 4.90 Å². The lowest BCUT2D eigenvalue weighted by atomic mass is 9.81. The van der Waals surface area contributed by atoms with Crippen LogP contribution in [0.5, 0.6) is 0 Å². The fourth-order valence-corrected chi connectivity index (χ4v) is 8.36. The van der Waals surface area contributed by atoms with Crippen LogP contribution < -0.4 is 4.90 Å². The molecule has 1 aliphatic carbocycles. The number of benzene rings is 8. The van der Waals surface area contributed by atoms with E-state index in [1.54, 1.807) is 0 Å². The zero-order chi connectivity index (χ0) is 37.0. The molecule has 1 heteroatoms. The Bertz CT molecular complexity index is 2620. The molecule has 0 spiro atoms. The van der Waals surface area contributed by atoms with Crippen LogP contribution in [0.2, 0.25) is 0 Å². The van der Waals surface area contributed by atoms with Gasteiger partial charge in [-0.15, -0.1) is 0 Å². The Morgan fingerprint density at radius 1 is 0.389 bits per heavy atom. The first kappa shape index (κ1) is 33.6. The quantitative estimate of drug-likeness (QED) is 0.167. The third-order valence-corrected chi connectivity index (χ3v) is 11.5. The number of nitrogens with zero attached hydrogens (tertiary/aromatic N) is 1. The van der Waals surface area contributed by atoms with E-state index in [0.717, 1.165) is 17.1 Å². The van der Waals surface area contributed by atoms with Crippen molar-refractivity contribution in [2.75, 3.05) is 4.90 Å². The van der Waals surface area contributed by atoms with E-state index in [1.165, 1.54) is 72.0 Å². The topological polar surface area (TPSA) is 3.24 Å². The zero-order valence-electron chi connectivity index (χ0n) is 31.8. The van der Waals surface area contributed by atoms with Crippen LogP contribution in [0.3, 0.4) is 0 Å². The molecule has 0 aliphatic heterocycles. The molecule has 9 rings (SSSR count). The molecule has 0 unspecified atom stereocenters. The van der Waals surface area contributed by atoms with E-state index in [9.17, 15) is 0 Å². The summed E-state index contributed by atoms with van der Waals surface area (Å²) in [5.74, 6) is 0. The average molecular weight is 696 g/mol. The van der Waals surface area contributed by atoms with Crippen LogP contribution in [-0.4, -0.2) is 0 Å². The highest BCUT2D eigenvalue weighted by Gasteiger charge is 2.36. The van der Waals surface area contributed by atoms with Gasteiger partial charge in [0, 0.05) is 22.5 Å². The summed E-state index contributed by atoms with van der Waals surface area (Å²) in [7, 11) is 0. The highest BCUT2D eigenvalue weighted by molar-refractivity contribution is 5.98.